The molecular formula is C26H35NO2. The molecule has 0 unspecified atom stereocenters. The summed E-state index contributed by atoms with van der Waals surface area (Å²) in [6, 6.07) is 16.9. The minimum atomic E-state index is -0.459. The van der Waals surface area contributed by atoms with Gasteiger partial charge in [-0.3, -0.25) is 4.79 Å². The van der Waals surface area contributed by atoms with Crippen molar-refractivity contribution in [3.8, 4) is 5.75 Å². The molecule has 156 valence electrons. The Labute approximate surface area is 175 Å². The molecule has 0 aliphatic heterocycles. The SMILES string of the molecule is CC[C@@H](Oc1ccc2c(c1)CCCC2)C(=O)N[C@H](C)CC(C)(C)c1ccccc1. The van der Waals surface area contributed by atoms with E-state index >= 15 is 0 Å². The topological polar surface area (TPSA) is 38.3 Å². The van der Waals surface area contributed by atoms with Crippen LogP contribution in [0, 0.1) is 0 Å². The zero-order chi connectivity index (χ0) is 20.9. The van der Waals surface area contributed by atoms with Crippen molar-refractivity contribution in [3.63, 3.8) is 0 Å². The van der Waals surface area contributed by atoms with E-state index in [-0.39, 0.29) is 17.4 Å². The number of ether oxygens (including phenoxy) is 1. The first-order valence-electron chi connectivity index (χ1n) is 11.0. The Morgan fingerprint density at radius 1 is 1.07 bits per heavy atom. The Morgan fingerprint density at radius 3 is 2.45 bits per heavy atom. The van der Waals surface area contributed by atoms with E-state index in [0.29, 0.717) is 6.42 Å². The number of carbonyl (C=O) groups is 1. The van der Waals surface area contributed by atoms with Crippen LogP contribution < -0.4 is 10.1 Å². The average molecular weight is 394 g/mol. The molecule has 0 spiro atoms. The van der Waals surface area contributed by atoms with Crippen LogP contribution >= 0.6 is 0 Å². The summed E-state index contributed by atoms with van der Waals surface area (Å²) in [7, 11) is 0. The lowest BCUT2D eigenvalue weighted by molar-refractivity contribution is -0.128. The van der Waals surface area contributed by atoms with Crippen LogP contribution in [-0.2, 0) is 23.1 Å². The van der Waals surface area contributed by atoms with Crippen molar-refractivity contribution in [1.82, 2.24) is 5.32 Å². The summed E-state index contributed by atoms with van der Waals surface area (Å²) in [5.41, 5.74) is 4.09. The largest absolute Gasteiger partial charge is 0.481 e. The summed E-state index contributed by atoms with van der Waals surface area (Å²) < 4.78 is 6.10. The Hall–Kier alpha value is -2.29. The molecule has 1 aliphatic carbocycles. The van der Waals surface area contributed by atoms with Gasteiger partial charge in [0.2, 0.25) is 0 Å². The summed E-state index contributed by atoms with van der Waals surface area (Å²) in [6.07, 6.45) is 5.84. The maximum absolute atomic E-state index is 12.9. The van der Waals surface area contributed by atoms with Crippen LogP contribution in [0.15, 0.2) is 48.5 Å². The first kappa shape index (κ1) is 21.4. The molecule has 3 nitrogen and oxygen atoms in total. The molecule has 0 saturated heterocycles. The second-order valence-electron chi connectivity index (χ2n) is 9.02. The number of hydrogen-bond acceptors (Lipinski definition) is 2. The van der Waals surface area contributed by atoms with Crippen LogP contribution in [0.3, 0.4) is 0 Å². The second-order valence-corrected chi connectivity index (χ2v) is 9.02. The van der Waals surface area contributed by atoms with Gasteiger partial charge in [0.25, 0.3) is 5.91 Å². The fraction of sp³-hybridized carbons (Fsp3) is 0.500. The van der Waals surface area contributed by atoms with E-state index in [0.717, 1.165) is 25.0 Å². The van der Waals surface area contributed by atoms with E-state index in [1.165, 1.54) is 29.5 Å². The Bertz CT molecular complexity index is 813. The molecule has 0 heterocycles. The number of hydrogen-bond donors (Lipinski definition) is 1. The lowest BCUT2D eigenvalue weighted by Gasteiger charge is -2.30. The van der Waals surface area contributed by atoms with Gasteiger partial charge in [0.05, 0.1) is 0 Å². The van der Waals surface area contributed by atoms with Gasteiger partial charge < -0.3 is 10.1 Å². The Kier molecular flexibility index (Phi) is 7.00. The van der Waals surface area contributed by atoms with E-state index in [1.807, 2.05) is 19.1 Å². The van der Waals surface area contributed by atoms with Crippen molar-refractivity contribution in [2.24, 2.45) is 0 Å². The van der Waals surface area contributed by atoms with Crippen LogP contribution in [-0.4, -0.2) is 18.1 Å². The highest BCUT2D eigenvalue weighted by Gasteiger charge is 2.26. The molecule has 0 aromatic heterocycles. The molecule has 1 N–H and O–H groups in total. The molecular weight excluding hydrogens is 358 g/mol. The van der Waals surface area contributed by atoms with Crippen LogP contribution in [0.4, 0.5) is 0 Å². The third kappa shape index (κ3) is 5.62. The molecule has 2 aromatic carbocycles. The van der Waals surface area contributed by atoms with Gasteiger partial charge in [-0.25, -0.2) is 0 Å². The number of nitrogens with one attached hydrogen (secondary N) is 1. The summed E-state index contributed by atoms with van der Waals surface area (Å²) in [6.45, 7) is 8.53. The predicted molar refractivity (Wildman–Crippen MR) is 119 cm³/mol. The second kappa shape index (κ2) is 9.47. The summed E-state index contributed by atoms with van der Waals surface area (Å²) in [4.78, 5) is 12.9. The Morgan fingerprint density at radius 2 is 1.76 bits per heavy atom. The van der Waals surface area contributed by atoms with Gasteiger partial charge in [-0.15, -0.1) is 0 Å². The fourth-order valence-electron chi connectivity index (χ4n) is 4.43. The van der Waals surface area contributed by atoms with Crippen molar-refractivity contribution < 1.29 is 9.53 Å². The maximum Gasteiger partial charge on any atom is 0.261 e. The highest BCUT2D eigenvalue weighted by Crippen LogP contribution is 2.29. The summed E-state index contributed by atoms with van der Waals surface area (Å²) >= 11 is 0. The first-order valence-corrected chi connectivity index (χ1v) is 11.0. The van der Waals surface area contributed by atoms with Gasteiger partial charge in [0.15, 0.2) is 6.10 Å². The van der Waals surface area contributed by atoms with Crippen molar-refractivity contribution in [3.05, 3.63) is 65.2 Å². The number of fused-ring (bicyclic) bond motifs is 1. The number of carbonyl (C=O) groups excluding carboxylic acids is 1. The van der Waals surface area contributed by atoms with Crippen LogP contribution in [0.2, 0.25) is 0 Å². The van der Waals surface area contributed by atoms with E-state index in [9.17, 15) is 4.79 Å². The summed E-state index contributed by atoms with van der Waals surface area (Å²) in [5.74, 6) is 0.784. The quantitative estimate of drug-likeness (QED) is 0.634. The number of benzene rings is 2. The maximum atomic E-state index is 12.9. The van der Waals surface area contributed by atoms with E-state index in [4.69, 9.17) is 4.74 Å². The number of rotatable bonds is 8. The van der Waals surface area contributed by atoms with Gasteiger partial charge in [0, 0.05) is 6.04 Å². The van der Waals surface area contributed by atoms with Crippen LogP contribution in [0.5, 0.6) is 5.75 Å². The minimum absolute atomic E-state index is 0.00494. The van der Waals surface area contributed by atoms with Gasteiger partial charge in [-0.1, -0.05) is 57.2 Å². The van der Waals surface area contributed by atoms with Gasteiger partial charge in [-0.2, -0.15) is 0 Å². The molecule has 2 atom stereocenters. The predicted octanol–water partition coefficient (Wildman–Crippen LogP) is 5.60. The van der Waals surface area contributed by atoms with E-state index in [1.54, 1.807) is 0 Å². The monoisotopic (exact) mass is 393 g/mol. The fourth-order valence-corrected chi connectivity index (χ4v) is 4.43. The van der Waals surface area contributed by atoms with Crippen molar-refractivity contribution in [1.29, 1.82) is 0 Å². The lowest BCUT2D eigenvalue weighted by atomic mass is 9.79. The van der Waals surface area contributed by atoms with E-state index in [2.05, 4.69) is 62.5 Å². The standard InChI is InChI=1S/C26H35NO2/c1-5-24(29-23-16-15-20-11-9-10-12-21(20)17-23)25(28)27-19(2)18-26(3,4)22-13-7-6-8-14-22/h6-8,13-17,19,24H,5,9-12,18H2,1-4H3,(H,27,28)/t19-,24-/m1/s1. The molecule has 0 radical (unpaired) electrons. The van der Waals surface area contributed by atoms with Crippen molar-refractivity contribution >= 4 is 5.91 Å². The zero-order valence-corrected chi connectivity index (χ0v) is 18.3. The minimum Gasteiger partial charge on any atom is -0.481 e. The molecule has 3 rings (SSSR count). The molecule has 3 heteroatoms. The number of aryl methyl sites for hydroxylation is 2. The highest BCUT2D eigenvalue weighted by molar-refractivity contribution is 5.81. The van der Waals surface area contributed by atoms with Crippen LogP contribution in [0.1, 0.15) is 70.1 Å². The molecule has 1 amide bonds. The normalized spacial score (nSPS) is 15.9. The van der Waals surface area contributed by atoms with Crippen molar-refractivity contribution in [2.45, 2.75) is 83.8 Å². The smallest absolute Gasteiger partial charge is 0.261 e. The Balaban J connectivity index is 1.59. The van der Waals surface area contributed by atoms with Gasteiger partial charge in [0.1, 0.15) is 5.75 Å². The molecule has 2 aromatic rings. The van der Waals surface area contributed by atoms with Crippen molar-refractivity contribution in [2.75, 3.05) is 0 Å². The zero-order valence-electron chi connectivity index (χ0n) is 18.3. The molecule has 1 aliphatic rings. The van der Waals surface area contributed by atoms with Gasteiger partial charge >= 0.3 is 0 Å². The highest BCUT2D eigenvalue weighted by atomic mass is 16.5. The average Bonchev–Trinajstić information content (AvgIpc) is 2.72. The third-order valence-electron chi connectivity index (χ3n) is 6.02. The third-order valence-corrected chi connectivity index (χ3v) is 6.02. The van der Waals surface area contributed by atoms with Crippen LogP contribution in [0.25, 0.3) is 0 Å². The van der Waals surface area contributed by atoms with Gasteiger partial charge in [-0.05, 0) is 79.7 Å². The number of amides is 1. The lowest BCUT2D eigenvalue weighted by Crippen LogP contribution is -2.44. The first-order chi connectivity index (χ1) is 13.9. The molecule has 29 heavy (non-hydrogen) atoms. The molecule has 0 saturated carbocycles. The summed E-state index contributed by atoms with van der Waals surface area (Å²) in [5, 5.41) is 3.18. The van der Waals surface area contributed by atoms with E-state index < -0.39 is 6.10 Å². The molecule has 0 bridgehead atoms. The molecule has 0 fully saturated rings.